The number of rotatable bonds is 14. The Bertz CT molecular complexity index is 1250. The number of aliphatic imine (C=N–C) groups is 1. The molecule has 0 spiro atoms. The van der Waals surface area contributed by atoms with Crippen molar-refractivity contribution in [2.24, 2.45) is 16.8 Å². The number of ether oxygens (including phenoxy) is 3. The summed E-state index contributed by atoms with van der Waals surface area (Å²) < 4.78 is 17.2. The number of nitrogens with one attached hydrogen (secondary N) is 1. The van der Waals surface area contributed by atoms with E-state index in [4.69, 9.17) is 25.8 Å². The molecule has 0 bridgehead atoms. The Hall–Kier alpha value is -3.01. The average molecular weight is 628 g/mol. The normalized spacial score (nSPS) is 15.9. The predicted octanol–water partition coefficient (Wildman–Crippen LogP) is 6.49. The first kappa shape index (κ1) is 33.9. The first-order valence-corrected chi connectivity index (χ1v) is 16.4. The van der Waals surface area contributed by atoms with Crippen LogP contribution in [0, 0.1) is 18.8 Å². The Labute approximate surface area is 268 Å². The van der Waals surface area contributed by atoms with Crippen LogP contribution < -0.4 is 15.0 Å². The van der Waals surface area contributed by atoms with Crippen LogP contribution in [0.4, 0.5) is 16.2 Å². The average Bonchev–Trinajstić information content (AvgIpc) is 3.02. The zero-order valence-electron chi connectivity index (χ0n) is 27.1. The van der Waals surface area contributed by atoms with Gasteiger partial charge >= 0.3 is 6.09 Å². The van der Waals surface area contributed by atoms with Gasteiger partial charge in [-0.2, -0.15) is 0 Å². The molecule has 1 unspecified atom stereocenters. The Morgan fingerprint density at radius 2 is 1.86 bits per heavy atom. The van der Waals surface area contributed by atoms with Gasteiger partial charge in [0, 0.05) is 45.2 Å². The molecule has 44 heavy (non-hydrogen) atoms. The minimum absolute atomic E-state index is 0.159. The molecule has 2 aromatic carbocycles. The molecule has 242 valence electrons. The highest BCUT2D eigenvalue weighted by molar-refractivity contribution is 6.34. The van der Waals surface area contributed by atoms with Crippen molar-refractivity contribution in [1.82, 2.24) is 15.1 Å². The van der Waals surface area contributed by atoms with Crippen molar-refractivity contribution in [2.45, 2.75) is 53.4 Å². The van der Waals surface area contributed by atoms with E-state index >= 15 is 0 Å². The predicted molar refractivity (Wildman–Crippen MR) is 178 cm³/mol. The number of unbranched alkanes of at least 4 members (excludes halogenated alkanes) is 1. The van der Waals surface area contributed by atoms with Gasteiger partial charge in [0.15, 0.2) is 5.90 Å². The lowest BCUT2D eigenvalue weighted by Crippen LogP contribution is -2.46. The van der Waals surface area contributed by atoms with Crippen molar-refractivity contribution in [3.63, 3.8) is 0 Å². The summed E-state index contributed by atoms with van der Waals surface area (Å²) in [5.74, 6) is 2.22. The van der Waals surface area contributed by atoms with Crippen LogP contribution in [0.25, 0.3) is 0 Å². The highest BCUT2D eigenvalue weighted by Crippen LogP contribution is 2.31. The molecular weight excluding hydrogens is 578 g/mol. The molecule has 1 atom stereocenters. The van der Waals surface area contributed by atoms with Gasteiger partial charge < -0.3 is 24.4 Å². The van der Waals surface area contributed by atoms with E-state index in [-0.39, 0.29) is 6.79 Å². The lowest BCUT2D eigenvalue weighted by atomic mass is 9.98. The van der Waals surface area contributed by atoms with Gasteiger partial charge in [-0.3, -0.25) is 9.80 Å². The number of carbonyl (C=O) groups excluding carboxylic acids is 1. The van der Waals surface area contributed by atoms with Gasteiger partial charge in [-0.25, -0.2) is 9.79 Å². The number of nitrogens with zero attached hydrogens (tertiary/aromatic N) is 4. The van der Waals surface area contributed by atoms with E-state index in [0.29, 0.717) is 44.0 Å². The number of halogens is 1. The fourth-order valence-electron chi connectivity index (χ4n) is 5.39. The maximum Gasteiger partial charge on any atom is 0.413 e. The van der Waals surface area contributed by atoms with Gasteiger partial charge in [-0.15, -0.1) is 0 Å². The second-order valence-corrected chi connectivity index (χ2v) is 12.6. The van der Waals surface area contributed by atoms with E-state index in [0.717, 1.165) is 85.3 Å². The molecule has 2 aliphatic heterocycles. The number of anilines is 1. The minimum atomic E-state index is -0.395. The van der Waals surface area contributed by atoms with E-state index in [9.17, 15) is 4.79 Å². The summed E-state index contributed by atoms with van der Waals surface area (Å²) in [6.45, 7) is 15.2. The van der Waals surface area contributed by atoms with E-state index in [1.807, 2.05) is 19.2 Å². The molecule has 2 aliphatic rings. The number of fused-ring (bicyclic) bond motifs is 1. The standard InChI is InChI=1S/C34H50ClN5O4/c1-25(2)27(4)22-40(23-36-5)34(41)44-24-43-32-14-12-28-11-13-29(21-30(28)37-32)42-20-7-6-15-38-16-18-39(19-17-38)31-10-8-9-26(3)33(31)35/h8-11,13,21,25,27,36H,6-7,12,14-20,22-24H2,1-5H3. The second-order valence-electron chi connectivity index (χ2n) is 12.2. The third-order valence-corrected chi connectivity index (χ3v) is 9.09. The molecule has 2 heterocycles. The first-order chi connectivity index (χ1) is 21.2. The van der Waals surface area contributed by atoms with E-state index in [2.05, 4.69) is 72.1 Å². The van der Waals surface area contributed by atoms with Gasteiger partial charge in [-0.05, 0) is 74.9 Å². The van der Waals surface area contributed by atoms with Crippen molar-refractivity contribution < 1.29 is 19.0 Å². The molecule has 2 aromatic rings. The van der Waals surface area contributed by atoms with Crippen molar-refractivity contribution in [2.75, 3.05) is 71.3 Å². The summed E-state index contributed by atoms with van der Waals surface area (Å²) in [6.07, 6.45) is 3.18. The number of hydrogen-bond acceptors (Lipinski definition) is 8. The zero-order chi connectivity index (χ0) is 31.5. The second kappa shape index (κ2) is 16.9. The summed E-state index contributed by atoms with van der Waals surface area (Å²) in [4.78, 5) is 23.9. The minimum Gasteiger partial charge on any atom is -0.494 e. The number of amides is 1. The Morgan fingerprint density at radius 1 is 1.07 bits per heavy atom. The molecule has 10 heteroatoms. The van der Waals surface area contributed by atoms with E-state index in [1.54, 1.807) is 4.90 Å². The summed E-state index contributed by atoms with van der Waals surface area (Å²) in [5.41, 5.74) is 4.29. The number of hydrogen-bond donors (Lipinski definition) is 1. The Morgan fingerprint density at radius 3 is 2.61 bits per heavy atom. The molecule has 1 N–H and O–H groups in total. The molecule has 4 rings (SSSR count). The SMILES string of the molecule is CNCN(CC(C)C(C)C)C(=O)OCOC1=Nc2cc(OCCCCN3CCN(c4cccc(C)c4Cl)CC3)ccc2CC1. The van der Waals surface area contributed by atoms with Crippen molar-refractivity contribution in [1.29, 1.82) is 0 Å². The van der Waals surface area contributed by atoms with Crippen LogP contribution in [-0.2, 0) is 15.9 Å². The largest absolute Gasteiger partial charge is 0.494 e. The number of benzene rings is 2. The third-order valence-electron chi connectivity index (χ3n) is 8.59. The third kappa shape index (κ3) is 9.74. The highest BCUT2D eigenvalue weighted by atomic mass is 35.5. The topological polar surface area (TPSA) is 78.9 Å². The van der Waals surface area contributed by atoms with Gasteiger partial charge in [-0.1, -0.05) is 50.6 Å². The quantitative estimate of drug-likeness (QED) is 0.190. The van der Waals surface area contributed by atoms with Gasteiger partial charge in [0.25, 0.3) is 0 Å². The molecule has 1 amide bonds. The van der Waals surface area contributed by atoms with Crippen LogP contribution in [-0.4, -0.2) is 88.2 Å². The monoisotopic (exact) mass is 627 g/mol. The van der Waals surface area contributed by atoms with Crippen LogP contribution in [0.2, 0.25) is 5.02 Å². The fraction of sp³-hybridized carbons (Fsp3) is 0.588. The van der Waals surface area contributed by atoms with Gasteiger partial charge in [0.1, 0.15) is 5.75 Å². The molecule has 0 saturated carbocycles. The molecule has 1 fully saturated rings. The molecule has 9 nitrogen and oxygen atoms in total. The van der Waals surface area contributed by atoms with Gasteiger partial charge in [0.05, 0.1) is 29.7 Å². The van der Waals surface area contributed by atoms with Crippen LogP contribution in [0.1, 0.15) is 51.2 Å². The lowest BCUT2D eigenvalue weighted by molar-refractivity contribution is 0.0231. The fourth-order valence-corrected chi connectivity index (χ4v) is 5.64. The summed E-state index contributed by atoms with van der Waals surface area (Å²) in [7, 11) is 1.82. The summed E-state index contributed by atoms with van der Waals surface area (Å²) >= 11 is 6.54. The lowest BCUT2D eigenvalue weighted by Gasteiger charge is -2.36. The summed E-state index contributed by atoms with van der Waals surface area (Å²) in [5, 5.41) is 3.91. The number of aryl methyl sites for hydroxylation is 2. The van der Waals surface area contributed by atoms with Gasteiger partial charge in [0.2, 0.25) is 6.79 Å². The molecule has 0 aliphatic carbocycles. The van der Waals surface area contributed by atoms with E-state index in [1.165, 1.54) is 0 Å². The zero-order valence-corrected chi connectivity index (χ0v) is 27.9. The van der Waals surface area contributed by atoms with Crippen LogP contribution >= 0.6 is 11.6 Å². The molecule has 1 saturated heterocycles. The maximum absolute atomic E-state index is 12.6. The smallest absolute Gasteiger partial charge is 0.413 e. The van der Waals surface area contributed by atoms with Crippen LogP contribution in [0.3, 0.4) is 0 Å². The first-order valence-electron chi connectivity index (χ1n) is 16.0. The van der Waals surface area contributed by atoms with Crippen molar-refractivity contribution >= 4 is 35.0 Å². The van der Waals surface area contributed by atoms with Crippen molar-refractivity contribution in [3.05, 3.63) is 52.5 Å². The molecule has 0 aromatic heterocycles. The van der Waals surface area contributed by atoms with Crippen LogP contribution in [0.5, 0.6) is 5.75 Å². The Kier molecular flexibility index (Phi) is 13.0. The molecular formula is C34H50ClN5O4. The number of piperazine rings is 1. The summed E-state index contributed by atoms with van der Waals surface area (Å²) in [6, 6.07) is 12.3. The van der Waals surface area contributed by atoms with Crippen molar-refractivity contribution in [3.8, 4) is 5.75 Å². The van der Waals surface area contributed by atoms with Crippen LogP contribution in [0.15, 0.2) is 41.4 Å². The number of carbonyl (C=O) groups is 1. The van der Waals surface area contributed by atoms with E-state index < -0.39 is 6.09 Å². The maximum atomic E-state index is 12.6. The molecule has 0 radical (unpaired) electrons. The Balaban J connectivity index is 1.16. The highest BCUT2D eigenvalue weighted by Gasteiger charge is 2.21.